The number of aryl methyl sites for hydroxylation is 2. The topological polar surface area (TPSA) is 146 Å². The molecule has 1 aromatic heterocycles. The minimum Gasteiger partial charge on any atom is -0.258 e. The zero-order valence-electron chi connectivity index (χ0n) is 13.3. The summed E-state index contributed by atoms with van der Waals surface area (Å²) in [4.78, 5) is 28.3. The third-order valence-electron chi connectivity index (χ3n) is 3.00. The SMILES string of the molecule is Cc1cc(C)nc(Sc2c([N+](=O)[O-])cc(S(C)(=O)=O)cc2[N+](=O)[O-])n1. The van der Waals surface area contributed by atoms with Crippen molar-refractivity contribution in [2.24, 2.45) is 0 Å². The van der Waals surface area contributed by atoms with Crippen LogP contribution in [-0.4, -0.2) is 34.5 Å². The van der Waals surface area contributed by atoms with Gasteiger partial charge in [0.15, 0.2) is 19.9 Å². The number of nitro groups is 2. The van der Waals surface area contributed by atoms with E-state index in [0.29, 0.717) is 23.1 Å². The predicted molar refractivity (Wildman–Crippen MR) is 88.5 cm³/mol. The summed E-state index contributed by atoms with van der Waals surface area (Å²) in [5.74, 6) is 0. The molecule has 0 N–H and O–H groups in total. The largest absolute Gasteiger partial charge is 0.291 e. The second-order valence-corrected chi connectivity index (χ2v) is 8.11. The maximum absolute atomic E-state index is 11.7. The Labute approximate surface area is 146 Å². The minimum atomic E-state index is -3.87. The van der Waals surface area contributed by atoms with E-state index in [1.165, 1.54) is 0 Å². The second kappa shape index (κ2) is 6.72. The van der Waals surface area contributed by atoms with Crippen molar-refractivity contribution in [2.45, 2.75) is 28.8 Å². The third kappa shape index (κ3) is 4.28. The van der Waals surface area contributed by atoms with Gasteiger partial charge in [0, 0.05) is 29.8 Å². The van der Waals surface area contributed by atoms with Gasteiger partial charge in [-0.05, 0) is 31.7 Å². The Bertz CT molecular complexity index is 935. The molecule has 0 amide bonds. The van der Waals surface area contributed by atoms with Crippen LogP contribution in [0.15, 0.2) is 33.1 Å². The van der Waals surface area contributed by atoms with E-state index in [0.717, 1.165) is 18.4 Å². The highest BCUT2D eigenvalue weighted by Gasteiger charge is 2.30. The van der Waals surface area contributed by atoms with Crippen LogP contribution < -0.4 is 0 Å². The Morgan fingerprint density at radius 3 is 1.76 bits per heavy atom. The van der Waals surface area contributed by atoms with Crippen molar-refractivity contribution < 1.29 is 18.3 Å². The Balaban J connectivity index is 2.74. The molecule has 1 aromatic carbocycles. The van der Waals surface area contributed by atoms with Crippen molar-refractivity contribution in [3.8, 4) is 0 Å². The molecule has 12 heteroatoms. The molecular weight excluding hydrogens is 372 g/mol. The van der Waals surface area contributed by atoms with Crippen molar-refractivity contribution in [2.75, 3.05) is 6.26 Å². The van der Waals surface area contributed by atoms with Gasteiger partial charge >= 0.3 is 0 Å². The molecule has 25 heavy (non-hydrogen) atoms. The van der Waals surface area contributed by atoms with Gasteiger partial charge in [0.25, 0.3) is 11.4 Å². The molecule has 0 atom stereocenters. The highest BCUT2D eigenvalue weighted by atomic mass is 32.2. The summed E-state index contributed by atoms with van der Waals surface area (Å²) in [6, 6.07) is 3.28. The van der Waals surface area contributed by atoms with Gasteiger partial charge in [-0.1, -0.05) is 0 Å². The molecule has 0 fully saturated rings. The molecule has 0 aliphatic rings. The minimum absolute atomic E-state index is 0.0933. The zero-order chi connectivity index (χ0) is 18.9. The molecule has 0 saturated heterocycles. The van der Waals surface area contributed by atoms with Gasteiger partial charge in [0.2, 0.25) is 0 Å². The Morgan fingerprint density at radius 2 is 1.40 bits per heavy atom. The molecule has 132 valence electrons. The molecule has 0 radical (unpaired) electrons. The fraction of sp³-hybridized carbons (Fsp3) is 0.231. The van der Waals surface area contributed by atoms with Crippen LogP contribution in [0.3, 0.4) is 0 Å². The first-order valence-corrected chi connectivity index (χ1v) is 9.37. The average Bonchev–Trinajstić information content (AvgIpc) is 2.44. The fourth-order valence-electron chi connectivity index (χ4n) is 1.99. The highest BCUT2D eigenvalue weighted by Crippen LogP contribution is 2.42. The summed E-state index contributed by atoms with van der Waals surface area (Å²) in [6.45, 7) is 3.38. The standard InChI is InChI=1S/C13H12N4O6S2/c1-7-4-8(2)15-13(14-7)24-12-10(16(18)19)5-9(25(3,22)23)6-11(12)17(20)21/h4-6H,1-3H3. The van der Waals surface area contributed by atoms with Crippen LogP contribution in [0.1, 0.15) is 11.4 Å². The van der Waals surface area contributed by atoms with Crippen molar-refractivity contribution in [1.29, 1.82) is 0 Å². The average molecular weight is 384 g/mol. The van der Waals surface area contributed by atoms with Crippen LogP contribution in [0.2, 0.25) is 0 Å². The van der Waals surface area contributed by atoms with Crippen LogP contribution in [0, 0.1) is 34.1 Å². The van der Waals surface area contributed by atoms with Crippen LogP contribution in [-0.2, 0) is 9.84 Å². The summed E-state index contributed by atoms with van der Waals surface area (Å²) in [6.07, 6.45) is 0.815. The van der Waals surface area contributed by atoms with Gasteiger partial charge in [0.1, 0.15) is 0 Å². The number of hydrogen-bond donors (Lipinski definition) is 0. The van der Waals surface area contributed by atoms with Crippen LogP contribution in [0.4, 0.5) is 11.4 Å². The van der Waals surface area contributed by atoms with Gasteiger partial charge in [-0.3, -0.25) is 20.2 Å². The van der Waals surface area contributed by atoms with Gasteiger partial charge in [0.05, 0.1) is 14.7 Å². The smallest absolute Gasteiger partial charge is 0.258 e. The lowest BCUT2D eigenvalue weighted by Crippen LogP contribution is -2.04. The normalized spacial score (nSPS) is 11.3. The van der Waals surface area contributed by atoms with Crippen LogP contribution in [0.25, 0.3) is 0 Å². The predicted octanol–water partition coefficient (Wildman–Crippen LogP) is 2.46. The number of rotatable bonds is 5. The van der Waals surface area contributed by atoms with Gasteiger partial charge in [-0.25, -0.2) is 18.4 Å². The van der Waals surface area contributed by atoms with E-state index < -0.39 is 36.0 Å². The number of sulfone groups is 1. The Hall–Kier alpha value is -2.60. The number of nitrogens with zero attached hydrogens (tertiary/aromatic N) is 4. The zero-order valence-corrected chi connectivity index (χ0v) is 14.9. The molecule has 0 bridgehead atoms. The van der Waals surface area contributed by atoms with E-state index in [1.54, 1.807) is 19.9 Å². The third-order valence-corrected chi connectivity index (χ3v) is 5.08. The van der Waals surface area contributed by atoms with Crippen molar-refractivity contribution >= 4 is 33.0 Å². The monoisotopic (exact) mass is 384 g/mol. The molecule has 10 nitrogen and oxygen atoms in total. The first-order chi connectivity index (χ1) is 11.5. The van der Waals surface area contributed by atoms with Crippen LogP contribution in [0.5, 0.6) is 0 Å². The molecule has 0 unspecified atom stereocenters. The van der Waals surface area contributed by atoms with Crippen molar-refractivity contribution in [1.82, 2.24) is 9.97 Å². The fourth-order valence-corrected chi connectivity index (χ4v) is 3.68. The summed E-state index contributed by atoms with van der Waals surface area (Å²) in [7, 11) is -3.87. The molecule has 0 saturated carbocycles. The summed E-state index contributed by atoms with van der Waals surface area (Å²) >= 11 is 0.645. The maximum atomic E-state index is 11.7. The summed E-state index contributed by atoms with van der Waals surface area (Å²) < 4.78 is 23.3. The number of aromatic nitrogens is 2. The Kier molecular flexibility index (Phi) is 5.04. The number of benzene rings is 1. The lowest BCUT2D eigenvalue weighted by Gasteiger charge is -2.07. The highest BCUT2D eigenvalue weighted by molar-refractivity contribution is 7.99. The molecule has 0 aliphatic carbocycles. The molecule has 0 aliphatic heterocycles. The summed E-state index contributed by atoms with van der Waals surface area (Å²) in [5, 5.41) is 22.8. The first-order valence-electron chi connectivity index (χ1n) is 6.66. The van der Waals surface area contributed by atoms with E-state index in [9.17, 15) is 28.6 Å². The van der Waals surface area contributed by atoms with Gasteiger partial charge < -0.3 is 0 Å². The first kappa shape index (κ1) is 18.7. The lowest BCUT2D eigenvalue weighted by molar-refractivity contribution is -0.400. The van der Waals surface area contributed by atoms with Crippen LogP contribution >= 0.6 is 11.8 Å². The van der Waals surface area contributed by atoms with Gasteiger partial charge in [-0.15, -0.1) is 0 Å². The second-order valence-electron chi connectivity index (χ2n) is 5.11. The van der Waals surface area contributed by atoms with Gasteiger partial charge in [-0.2, -0.15) is 0 Å². The van der Waals surface area contributed by atoms with E-state index in [2.05, 4.69) is 9.97 Å². The molecular formula is C13H12N4O6S2. The quantitative estimate of drug-likeness (QED) is 0.431. The molecule has 0 spiro atoms. The summed E-state index contributed by atoms with van der Waals surface area (Å²) in [5.41, 5.74) is -0.203. The maximum Gasteiger partial charge on any atom is 0.291 e. The Morgan fingerprint density at radius 1 is 0.960 bits per heavy atom. The molecule has 2 rings (SSSR count). The molecule has 1 heterocycles. The molecule has 2 aromatic rings. The van der Waals surface area contributed by atoms with Crippen molar-refractivity contribution in [3.63, 3.8) is 0 Å². The van der Waals surface area contributed by atoms with E-state index in [4.69, 9.17) is 0 Å². The van der Waals surface area contributed by atoms with E-state index >= 15 is 0 Å². The number of hydrogen-bond acceptors (Lipinski definition) is 9. The van der Waals surface area contributed by atoms with E-state index in [-0.39, 0.29) is 10.1 Å². The lowest BCUT2D eigenvalue weighted by atomic mass is 10.3. The van der Waals surface area contributed by atoms with E-state index in [1.807, 2.05) is 0 Å². The van der Waals surface area contributed by atoms with Crippen molar-refractivity contribution in [3.05, 3.63) is 49.8 Å². The number of nitro benzene ring substituents is 2.